The van der Waals surface area contributed by atoms with E-state index in [0.29, 0.717) is 16.6 Å². The third-order valence-electron chi connectivity index (χ3n) is 2.34. The Morgan fingerprint density at radius 3 is 2.53 bits per heavy atom. The van der Waals surface area contributed by atoms with Gasteiger partial charge in [-0.05, 0) is 31.0 Å². The van der Waals surface area contributed by atoms with E-state index in [0.717, 1.165) is 6.07 Å². The van der Waals surface area contributed by atoms with E-state index in [2.05, 4.69) is 4.98 Å². The molecule has 0 atom stereocenters. The molecule has 4 heteroatoms. The summed E-state index contributed by atoms with van der Waals surface area (Å²) in [5, 5.41) is 0.286. The molecule has 1 heterocycles. The van der Waals surface area contributed by atoms with Gasteiger partial charge in [0.2, 0.25) is 0 Å². The molecule has 1 aromatic carbocycles. The predicted octanol–water partition coefficient (Wildman–Crippen LogP) is 3.78. The van der Waals surface area contributed by atoms with Crippen molar-refractivity contribution in [1.29, 1.82) is 0 Å². The van der Waals surface area contributed by atoms with E-state index in [4.69, 9.17) is 11.6 Å². The molecule has 0 spiro atoms. The normalized spacial score (nSPS) is 11.0. The molecule has 0 unspecified atom stereocenters. The van der Waals surface area contributed by atoms with Gasteiger partial charge in [0.05, 0.1) is 15.9 Å². The van der Waals surface area contributed by atoms with Gasteiger partial charge in [0.15, 0.2) is 11.6 Å². The van der Waals surface area contributed by atoms with Crippen molar-refractivity contribution in [2.24, 2.45) is 0 Å². The highest BCUT2D eigenvalue weighted by Gasteiger charge is 2.15. The highest BCUT2D eigenvalue weighted by molar-refractivity contribution is 6.36. The Kier molecular flexibility index (Phi) is 2.35. The van der Waals surface area contributed by atoms with Crippen LogP contribution >= 0.6 is 11.6 Å². The summed E-state index contributed by atoms with van der Waals surface area (Å²) in [4.78, 5) is 4.05. The van der Waals surface area contributed by atoms with Crippen LogP contribution < -0.4 is 0 Å². The van der Waals surface area contributed by atoms with Gasteiger partial charge in [-0.3, -0.25) is 4.98 Å². The molecule has 0 amide bonds. The maximum Gasteiger partial charge on any atom is 0.169 e. The number of pyridine rings is 1. The topological polar surface area (TPSA) is 12.9 Å². The van der Waals surface area contributed by atoms with E-state index >= 15 is 0 Å². The Morgan fingerprint density at radius 2 is 1.87 bits per heavy atom. The van der Waals surface area contributed by atoms with Gasteiger partial charge in [0.1, 0.15) is 0 Å². The van der Waals surface area contributed by atoms with Crippen molar-refractivity contribution in [1.82, 2.24) is 4.98 Å². The summed E-state index contributed by atoms with van der Waals surface area (Å²) in [7, 11) is 0. The lowest BCUT2D eigenvalue weighted by atomic mass is 10.1. The van der Waals surface area contributed by atoms with Crippen LogP contribution in [0.4, 0.5) is 8.78 Å². The molecule has 2 aromatic rings. The standard InChI is InChI=1S/C11H8ClF2N/c1-5-3-7(13)10(14)8-9(12)6(2)4-15-11(5)8/h3-4H,1-2H3. The number of hydrogen-bond donors (Lipinski definition) is 0. The van der Waals surface area contributed by atoms with Crippen molar-refractivity contribution in [3.8, 4) is 0 Å². The Bertz CT molecular complexity index is 544. The SMILES string of the molecule is Cc1cnc2c(C)cc(F)c(F)c2c1Cl. The maximum absolute atomic E-state index is 13.5. The number of nitrogens with zero attached hydrogens (tertiary/aromatic N) is 1. The summed E-state index contributed by atoms with van der Waals surface area (Å²) in [6, 6.07) is 1.12. The molecule has 1 aromatic heterocycles. The second-order valence-corrected chi connectivity index (χ2v) is 3.85. The van der Waals surface area contributed by atoms with E-state index in [-0.39, 0.29) is 10.4 Å². The number of hydrogen-bond acceptors (Lipinski definition) is 1. The zero-order chi connectivity index (χ0) is 11.2. The van der Waals surface area contributed by atoms with Gasteiger partial charge in [-0.25, -0.2) is 8.78 Å². The number of aromatic nitrogens is 1. The number of benzene rings is 1. The molecule has 0 N–H and O–H groups in total. The van der Waals surface area contributed by atoms with Crippen molar-refractivity contribution in [2.45, 2.75) is 13.8 Å². The fourth-order valence-corrected chi connectivity index (χ4v) is 1.75. The van der Waals surface area contributed by atoms with Gasteiger partial charge in [-0.2, -0.15) is 0 Å². The fraction of sp³-hybridized carbons (Fsp3) is 0.182. The molecule has 0 aliphatic rings. The van der Waals surface area contributed by atoms with Gasteiger partial charge in [-0.15, -0.1) is 0 Å². The summed E-state index contributed by atoms with van der Waals surface area (Å²) in [5.74, 6) is -1.83. The van der Waals surface area contributed by atoms with Gasteiger partial charge in [-0.1, -0.05) is 11.6 Å². The van der Waals surface area contributed by atoms with Crippen LogP contribution in [0.3, 0.4) is 0 Å². The number of rotatable bonds is 0. The maximum atomic E-state index is 13.5. The molecule has 15 heavy (non-hydrogen) atoms. The first-order valence-corrected chi connectivity index (χ1v) is 4.79. The van der Waals surface area contributed by atoms with Crippen molar-refractivity contribution < 1.29 is 8.78 Å². The highest BCUT2D eigenvalue weighted by Crippen LogP contribution is 2.30. The van der Waals surface area contributed by atoms with E-state index in [1.807, 2.05) is 0 Å². The van der Waals surface area contributed by atoms with Crippen LogP contribution in [0, 0.1) is 25.5 Å². The first-order valence-electron chi connectivity index (χ1n) is 4.41. The minimum Gasteiger partial charge on any atom is -0.255 e. The molecule has 0 radical (unpaired) electrons. The molecular formula is C11H8ClF2N. The number of aryl methyl sites for hydroxylation is 2. The smallest absolute Gasteiger partial charge is 0.169 e. The zero-order valence-electron chi connectivity index (χ0n) is 8.24. The molecule has 0 saturated carbocycles. The summed E-state index contributed by atoms with van der Waals surface area (Å²) in [5.41, 5.74) is 1.61. The Hall–Kier alpha value is -1.22. The van der Waals surface area contributed by atoms with Crippen molar-refractivity contribution in [3.63, 3.8) is 0 Å². The molecule has 1 nitrogen and oxygen atoms in total. The summed E-state index contributed by atoms with van der Waals surface area (Å²) < 4.78 is 26.7. The largest absolute Gasteiger partial charge is 0.255 e. The second-order valence-electron chi connectivity index (χ2n) is 3.47. The first kappa shape index (κ1) is 10.3. The fourth-order valence-electron chi connectivity index (χ4n) is 1.52. The molecule has 0 fully saturated rings. The van der Waals surface area contributed by atoms with E-state index in [1.54, 1.807) is 20.0 Å². The predicted molar refractivity (Wildman–Crippen MR) is 56.1 cm³/mol. The Balaban J connectivity index is 3.04. The molecule has 2 rings (SSSR count). The van der Waals surface area contributed by atoms with Gasteiger partial charge in [0, 0.05) is 6.20 Å². The van der Waals surface area contributed by atoms with Gasteiger partial charge >= 0.3 is 0 Å². The minimum absolute atomic E-state index is 0.0640. The van der Waals surface area contributed by atoms with E-state index in [9.17, 15) is 8.78 Å². The third kappa shape index (κ3) is 1.47. The van der Waals surface area contributed by atoms with Crippen LogP contribution in [0.5, 0.6) is 0 Å². The molecule has 0 aliphatic carbocycles. The average molecular weight is 228 g/mol. The molecule has 0 saturated heterocycles. The van der Waals surface area contributed by atoms with E-state index < -0.39 is 11.6 Å². The minimum atomic E-state index is -0.934. The molecular weight excluding hydrogens is 220 g/mol. The van der Waals surface area contributed by atoms with E-state index in [1.165, 1.54) is 0 Å². The first-order chi connectivity index (χ1) is 7.02. The Labute approximate surface area is 90.7 Å². The lowest BCUT2D eigenvalue weighted by Crippen LogP contribution is -1.94. The van der Waals surface area contributed by atoms with Crippen molar-refractivity contribution >= 4 is 22.5 Å². The molecule has 0 aliphatic heterocycles. The van der Waals surface area contributed by atoms with Crippen LogP contribution in [0.1, 0.15) is 11.1 Å². The lowest BCUT2D eigenvalue weighted by molar-refractivity contribution is 0.516. The highest BCUT2D eigenvalue weighted by atomic mass is 35.5. The van der Waals surface area contributed by atoms with Crippen molar-refractivity contribution in [3.05, 3.63) is 40.0 Å². The van der Waals surface area contributed by atoms with Gasteiger partial charge in [0.25, 0.3) is 0 Å². The number of fused-ring (bicyclic) bond motifs is 1. The van der Waals surface area contributed by atoms with Crippen molar-refractivity contribution in [2.75, 3.05) is 0 Å². The van der Waals surface area contributed by atoms with Crippen LogP contribution in [0.25, 0.3) is 10.9 Å². The summed E-state index contributed by atoms with van der Waals surface area (Å²) in [6.07, 6.45) is 1.55. The Morgan fingerprint density at radius 1 is 1.20 bits per heavy atom. The van der Waals surface area contributed by atoms with Crippen LogP contribution in [0.2, 0.25) is 5.02 Å². The van der Waals surface area contributed by atoms with Crippen LogP contribution in [-0.2, 0) is 0 Å². The summed E-state index contributed by atoms with van der Waals surface area (Å²) >= 11 is 5.93. The molecule has 0 bridgehead atoms. The molecule has 78 valence electrons. The van der Waals surface area contributed by atoms with Gasteiger partial charge < -0.3 is 0 Å². The third-order valence-corrected chi connectivity index (χ3v) is 2.82. The summed E-state index contributed by atoms with van der Waals surface area (Å²) in [6.45, 7) is 3.37. The number of halogens is 3. The monoisotopic (exact) mass is 227 g/mol. The average Bonchev–Trinajstić information content (AvgIpc) is 2.19. The quantitative estimate of drug-likeness (QED) is 0.667. The lowest BCUT2D eigenvalue weighted by Gasteiger charge is -2.07. The van der Waals surface area contributed by atoms with Crippen LogP contribution in [-0.4, -0.2) is 4.98 Å². The zero-order valence-corrected chi connectivity index (χ0v) is 8.99. The van der Waals surface area contributed by atoms with Crippen LogP contribution in [0.15, 0.2) is 12.3 Å². The second kappa shape index (κ2) is 3.42.